The van der Waals surface area contributed by atoms with Gasteiger partial charge in [-0.1, -0.05) is 85.5 Å². The Bertz CT molecular complexity index is 1420. The van der Waals surface area contributed by atoms with Crippen molar-refractivity contribution in [2.45, 2.75) is 76.3 Å². The third kappa shape index (κ3) is 7.76. The number of carbonyl (C=O) groups excluding carboxylic acids is 2. The maximum Gasteiger partial charge on any atom is 0.264 e. The van der Waals surface area contributed by atoms with Crippen molar-refractivity contribution in [1.29, 1.82) is 0 Å². The molecule has 1 saturated carbocycles. The molecular formula is C33H41N3O4S. The largest absolute Gasteiger partial charge is 0.352 e. The number of amides is 2. The van der Waals surface area contributed by atoms with Gasteiger partial charge in [0.1, 0.15) is 12.6 Å². The predicted octanol–water partition coefficient (Wildman–Crippen LogP) is 5.41. The summed E-state index contributed by atoms with van der Waals surface area (Å²) in [4.78, 5) is 29.1. The summed E-state index contributed by atoms with van der Waals surface area (Å²) in [6.45, 7) is 5.31. The van der Waals surface area contributed by atoms with Crippen LogP contribution in [0.1, 0.15) is 55.7 Å². The lowest BCUT2D eigenvalue weighted by molar-refractivity contribution is -0.139. The van der Waals surface area contributed by atoms with Crippen LogP contribution in [0, 0.1) is 13.8 Å². The van der Waals surface area contributed by atoms with Crippen molar-refractivity contribution in [3.63, 3.8) is 0 Å². The van der Waals surface area contributed by atoms with Crippen molar-refractivity contribution in [2.24, 2.45) is 0 Å². The van der Waals surface area contributed by atoms with E-state index in [-0.39, 0.29) is 23.4 Å². The minimum Gasteiger partial charge on any atom is -0.352 e. The van der Waals surface area contributed by atoms with Crippen LogP contribution in [0.25, 0.3) is 0 Å². The fourth-order valence-electron chi connectivity index (χ4n) is 5.33. The van der Waals surface area contributed by atoms with Crippen molar-refractivity contribution in [3.8, 4) is 0 Å². The van der Waals surface area contributed by atoms with Crippen molar-refractivity contribution in [2.75, 3.05) is 17.4 Å². The van der Waals surface area contributed by atoms with Crippen molar-refractivity contribution in [3.05, 3.63) is 95.6 Å². The Morgan fingerprint density at radius 3 is 2.17 bits per heavy atom. The molecular weight excluding hydrogens is 534 g/mol. The molecule has 0 aromatic heterocycles. The zero-order valence-electron chi connectivity index (χ0n) is 24.3. The molecule has 0 saturated heterocycles. The molecule has 0 spiro atoms. The van der Waals surface area contributed by atoms with E-state index in [1.54, 1.807) is 43.3 Å². The SMILES string of the molecule is Cc1ccc(S(=O)(=O)N(CC(=O)N(CCc2ccccc2)[C@H](C)C(=O)NC2CCCCC2)c2ccccc2C)cc1. The molecule has 0 heterocycles. The fraction of sp³-hybridized carbons (Fsp3) is 0.394. The Morgan fingerprint density at radius 1 is 0.878 bits per heavy atom. The molecule has 7 nitrogen and oxygen atoms in total. The number of anilines is 1. The van der Waals surface area contributed by atoms with E-state index >= 15 is 0 Å². The number of hydrogen-bond acceptors (Lipinski definition) is 4. The van der Waals surface area contributed by atoms with Crippen LogP contribution in [0.15, 0.2) is 83.8 Å². The number of rotatable bonds is 11. The van der Waals surface area contributed by atoms with Gasteiger partial charge in [-0.3, -0.25) is 13.9 Å². The monoisotopic (exact) mass is 575 g/mol. The summed E-state index contributed by atoms with van der Waals surface area (Å²) >= 11 is 0. The smallest absolute Gasteiger partial charge is 0.264 e. The Morgan fingerprint density at radius 2 is 1.51 bits per heavy atom. The molecule has 1 aliphatic carbocycles. The molecule has 1 N–H and O–H groups in total. The van der Waals surface area contributed by atoms with E-state index in [4.69, 9.17) is 0 Å². The molecule has 0 unspecified atom stereocenters. The Labute approximate surface area is 244 Å². The molecule has 41 heavy (non-hydrogen) atoms. The zero-order valence-corrected chi connectivity index (χ0v) is 25.1. The van der Waals surface area contributed by atoms with Crippen LogP contribution < -0.4 is 9.62 Å². The van der Waals surface area contributed by atoms with E-state index in [0.717, 1.165) is 42.4 Å². The van der Waals surface area contributed by atoms with Crippen LogP contribution in [-0.2, 0) is 26.0 Å². The van der Waals surface area contributed by atoms with Crippen LogP contribution in [0.3, 0.4) is 0 Å². The van der Waals surface area contributed by atoms with E-state index in [1.165, 1.54) is 15.6 Å². The number of aryl methyl sites for hydroxylation is 2. The Balaban J connectivity index is 1.64. The standard InChI is InChI=1S/C33H41N3O4S/c1-25-18-20-30(21-19-25)41(39,40)36(31-17-11-10-12-26(31)2)24-32(37)35(23-22-28-13-6-4-7-14-28)27(3)33(38)34-29-15-8-5-9-16-29/h4,6-7,10-14,17-21,27,29H,5,8-9,15-16,22-24H2,1-3H3,(H,34,38)/t27-/m1/s1. The Hall–Kier alpha value is -3.65. The van der Waals surface area contributed by atoms with E-state index < -0.39 is 28.5 Å². The van der Waals surface area contributed by atoms with Crippen LogP contribution in [-0.4, -0.2) is 50.3 Å². The van der Waals surface area contributed by atoms with Crippen LogP contribution >= 0.6 is 0 Å². The lowest BCUT2D eigenvalue weighted by Crippen LogP contribution is -2.53. The molecule has 1 aliphatic rings. The molecule has 218 valence electrons. The molecule has 0 aliphatic heterocycles. The van der Waals surface area contributed by atoms with Crippen LogP contribution in [0.5, 0.6) is 0 Å². The van der Waals surface area contributed by atoms with Crippen LogP contribution in [0.2, 0.25) is 0 Å². The molecule has 0 radical (unpaired) electrons. The van der Waals surface area contributed by atoms with Gasteiger partial charge in [-0.15, -0.1) is 0 Å². The predicted molar refractivity (Wildman–Crippen MR) is 163 cm³/mol. The first kappa shape index (κ1) is 30.3. The van der Waals surface area contributed by atoms with Gasteiger partial charge in [-0.05, 0) is 69.4 Å². The van der Waals surface area contributed by atoms with E-state index in [0.29, 0.717) is 12.1 Å². The molecule has 2 amide bonds. The summed E-state index contributed by atoms with van der Waals surface area (Å²) in [5.74, 6) is -0.631. The van der Waals surface area contributed by atoms with Gasteiger partial charge in [-0.2, -0.15) is 0 Å². The number of para-hydroxylation sites is 1. The first-order chi connectivity index (χ1) is 19.7. The number of carbonyl (C=O) groups is 2. The maximum atomic E-state index is 14.1. The zero-order chi connectivity index (χ0) is 29.4. The molecule has 8 heteroatoms. The normalized spacial score (nSPS) is 14.7. The average Bonchev–Trinajstić information content (AvgIpc) is 2.97. The maximum absolute atomic E-state index is 14.1. The van der Waals surface area contributed by atoms with Gasteiger partial charge in [0.25, 0.3) is 10.0 Å². The molecule has 3 aromatic carbocycles. The van der Waals surface area contributed by atoms with Gasteiger partial charge in [0.05, 0.1) is 10.6 Å². The number of hydrogen-bond donors (Lipinski definition) is 1. The lowest BCUT2D eigenvalue weighted by atomic mass is 9.95. The van der Waals surface area contributed by atoms with Crippen molar-refractivity contribution >= 4 is 27.5 Å². The van der Waals surface area contributed by atoms with Crippen molar-refractivity contribution < 1.29 is 18.0 Å². The van der Waals surface area contributed by atoms with Crippen molar-refractivity contribution in [1.82, 2.24) is 10.2 Å². The van der Waals surface area contributed by atoms with Gasteiger partial charge >= 0.3 is 0 Å². The summed E-state index contributed by atoms with van der Waals surface area (Å²) in [7, 11) is -4.07. The summed E-state index contributed by atoms with van der Waals surface area (Å²) in [5, 5.41) is 3.14. The summed E-state index contributed by atoms with van der Waals surface area (Å²) in [5.41, 5.74) is 3.14. The molecule has 3 aromatic rings. The first-order valence-corrected chi connectivity index (χ1v) is 15.9. The lowest BCUT2D eigenvalue weighted by Gasteiger charge is -2.33. The van der Waals surface area contributed by atoms with Crippen LogP contribution in [0.4, 0.5) is 5.69 Å². The second kappa shape index (κ2) is 13.8. The number of benzene rings is 3. The fourth-order valence-corrected chi connectivity index (χ4v) is 6.81. The molecule has 0 bridgehead atoms. The number of nitrogens with zero attached hydrogens (tertiary/aromatic N) is 2. The van der Waals surface area contributed by atoms with Gasteiger partial charge in [0, 0.05) is 12.6 Å². The topological polar surface area (TPSA) is 86.8 Å². The van der Waals surface area contributed by atoms with E-state index in [1.807, 2.05) is 56.3 Å². The summed E-state index contributed by atoms with van der Waals surface area (Å²) in [6.07, 6.45) is 5.76. The second-order valence-electron chi connectivity index (χ2n) is 11.0. The minimum atomic E-state index is -4.07. The highest BCUT2D eigenvalue weighted by Crippen LogP contribution is 2.27. The number of nitrogens with one attached hydrogen (secondary N) is 1. The van der Waals surface area contributed by atoms with E-state index in [9.17, 15) is 18.0 Å². The third-order valence-corrected chi connectivity index (χ3v) is 9.65. The summed E-state index contributed by atoms with van der Waals surface area (Å²) < 4.78 is 29.1. The summed E-state index contributed by atoms with van der Waals surface area (Å²) in [6, 6.07) is 22.9. The molecule has 1 fully saturated rings. The number of sulfonamides is 1. The van der Waals surface area contributed by atoms with Gasteiger partial charge in [0.2, 0.25) is 11.8 Å². The Kier molecular flexibility index (Phi) is 10.2. The molecule has 1 atom stereocenters. The second-order valence-corrected chi connectivity index (χ2v) is 12.8. The highest BCUT2D eigenvalue weighted by Gasteiger charge is 2.33. The third-order valence-electron chi connectivity index (χ3n) is 7.88. The minimum absolute atomic E-state index is 0.107. The first-order valence-electron chi connectivity index (χ1n) is 14.5. The molecule has 4 rings (SSSR count). The highest BCUT2D eigenvalue weighted by molar-refractivity contribution is 7.92. The van der Waals surface area contributed by atoms with Gasteiger partial charge < -0.3 is 10.2 Å². The van der Waals surface area contributed by atoms with Gasteiger partial charge in [-0.25, -0.2) is 8.42 Å². The quantitative estimate of drug-likeness (QED) is 0.331. The average molecular weight is 576 g/mol. The van der Waals surface area contributed by atoms with E-state index in [2.05, 4.69) is 5.32 Å². The highest BCUT2D eigenvalue weighted by atomic mass is 32.2. The van der Waals surface area contributed by atoms with Gasteiger partial charge in [0.15, 0.2) is 0 Å².